The van der Waals surface area contributed by atoms with Crippen LogP contribution in [0.25, 0.3) is 75.4 Å². The van der Waals surface area contributed by atoms with E-state index >= 15 is 0 Å². The molecule has 0 aliphatic heterocycles. The Balaban J connectivity index is 1.15. The molecule has 2 heteroatoms. The lowest BCUT2D eigenvalue weighted by atomic mass is 9.70. The Morgan fingerprint density at radius 1 is 0.359 bits per heavy atom. The van der Waals surface area contributed by atoms with Gasteiger partial charge in [-0.3, -0.25) is 0 Å². The predicted molar refractivity (Wildman–Crippen MR) is 276 cm³/mol. The molecule has 304 valence electrons. The number of rotatable bonds is 6. The average molecular weight is 819 g/mol. The van der Waals surface area contributed by atoms with Gasteiger partial charge < -0.3 is 9.80 Å². The van der Waals surface area contributed by atoms with E-state index in [1.165, 1.54) is 103 Å². The van der Waals surface area contributed by atoms with Crippen molar-refractivity contribution in [3.05, 3.63) is 217 Å². The van der Waals surface area contributed by atoms with Gasteiger partial charge in [-0.15, -0.1) is 0 Å². The van der Waals surface area contributed by atoms with E-state index in [2.05, 4.69) is 231 Å². The third-order valence-corrected chi connectivity index (χ3v) is 14.4. The number of hydrogen-bond acceptors (Lipinski definition) is 2. The van der Waals surface area contributed by atoms with Crippen molar-refractivity contribution in [1.82, 2.24) is 0 Å². The molecule has 12 aromatic carbocycles. The molecule has 64 heavy (non-hydrogen) atoms. The highest BCUT2D eigenvalue weighted by atomic mass is 15.2. The third-order valence-electron chi connectivity index (χ3n) is 14.4. The lowest BCUT2D eigenvalue weighted by molar-refractivity contribution is 0.475. The number of hydrogen-bond donors (Lipinski definition) is 0. The summed E-state index contributed by atoms with van der Waals surface area (Å²) in [7, 11) is 0. The second-order valence-corrected chi connectivity index (χ2v) is 18.7. The van der Waals surface area contributed by atoms with E-state index < -0.39 is 0 Å². The highest BCUT2D eigenvalue weighted by molar-refractivity contribution is 6.30. The molecule has 1 aliphatic rings. The maximum Gasteiger partial charge on any atom is 0.0543 e. The van der Waals surface area contributed by atoms with E-state index in [-0.39, 0.29) is 5.41 Å². The van der Waals surface area contributed by atoms with Gasteiger partial charge in [0.25, 0.3) is 0 Å². The molecule has 0 aromatic heterocycles. The van der Waals surface area contributed by atoms with E-state index in [9.17, 15) is 0 Å². The van der Waals surface area contributed by atoms with E-state index in [1.54, 1.807) is 0 Å². The van der Waals surface area contributed by atoms with Crippen LogP contribution in [0.5, 0.6) is 0 Å². The van der Waals surface area contributed by atoms with Crippen LogP contribution in [0, 0.1) is 6.92 Å². The van der Waals surface area contributed by atoms with Crippen LogP contribution in [0.3, 0.4) is 0 Å². The Morgan fingerprint density at radius 2 is 0.766 bits per heavy atom. The minimum atomic E-state index is -0.0173. The Labute approximate surface area is 373 Å². The lowest BCUT2D eigenvalue weighted by Crippen LogP contribution is -2.24. The maximum absolute atomic E-state index is 2.58. The summed E-state index contributed by atoms with van der Waals surface area (Å²) in [6.07, 6.45) is 2.10. The molecule has 0 radical (unpaired) electrons. The molecule has 0 fully saturated rings. The van der Waals surface area contributed by atoms with Gasteiger partial charge in [0, 0.05) is 38.9 Å². The van der Waals surface area contributed by atoms with Gasteiger partial charge in [0.15, 0.2) is 0 Å². The summed E-state index contributed by atoms with van der Waals surface area (Å²) in [5.74, 6) is 0. The number of fused-ring (bicyclic) bond motifs is 4. The topological polar surface area (TPSA) is 6.48 Å². The third kappa shape index (κ3) is 5.65. The molecule has 0 saturated heterocycles. The van der Waals surface area contributed by atoms with Crippen LogP contribution in [-0.2, 0) is 11.8 Å². The number of aryl methyl sites for hydroxylation is 2. The van der Waals surface area contributed by atoms with Crippen LogP contribution in [0.1, 0.15) is 37.0 Å². The zero-order valence-electron chi connectivity index (χ0n) is 36.4. The number of nitrogens with zero attached hydrogens (tertiary/aromatic N) is 2. The van der Waals surface area contributed by atoms with E-state index in [0.29, 0.717) is 0 Å². The summed E-state index contributed by atoms with van der Waals surface area (Å²) < 4.78 is 0. The minimum absolute atomic E-state index is 0.0173. The zero-order chi connectivity index (χ0) is 42.7. The second kappa shape index (κ2) is 13.9. The van der Waals surface area contributed by atoms with Crippen molar-refractivity contribution >= 4 is 110 Å². The van der Waals surface area contributed by atoms with E-state index in [0.717, 1.165) is 35.6 Å². The average Bonchev–Trinajstić information content (AvgIpc) is 3.33. The Bertz CT molecular complexity index is 3700. The van der Waals surface area contributed by atoms with Crippen molar-refractivity contribution < 1.29 is 0 Å². The van der Waals surface area contributed by atoms with Gasteiger partial charge in [-0.25, -0.2) is 0 Å². The molecule has 0 atom stereocenters. The Kier molecular flexibility index (Phi) is 8.03. The van der Waals surface area contributed by atoms with Gasteiger partial charge in [0.2, 0.25) is 0 Å². The molecule has 0 saturated carbocycles. The molecule has 0 spiro atoms. The largest absolute Gasteiger partial charge is 0.310 e. The molecule has 1 aliphatic carbocycles. The first-order chi connectivity index (χ1) is 31.4. The summed E-state index contributed by atoms with van der Waals surface area (Å²) in [5.41, 5.74) is 11.2. The van der Waals surface area contributed by atoms with Crippen molar-refractivity contribution in [2.24, 2.45) is 0 Å². The van der Waals surface area contributed by atoms with Crippen LogP contribution < -0.4 is 9.80 Å². The first-order valence-corrected chi connectivity index (χ1v) is 22.7. The molecule has 0 heterocycles. The molecule has 0 unspecified atom stereocenters. The van der Waals surface area contributed by atoms with Gasteiger partial charge in [-0.1, -0.05) is 147 Å². The van der Waals surface area contributed by atoms with Crippen molar-refractivity contribution in [2.75, 3.05) is 9.80 Å². The second-order valence-electron chi connectivity index (χ2n) is 18.7. The van der Waals surface area contributed by atoms with E-state index in [4.69, 9.17) is 0 Å². The number of benzene rings is 12. The van der Waals surface area contributed by atoms with Gasteiger partial charge in [-0.05, 0) is 168 Å². The molecule has 0 amide bonds. The lowest BCUT2D eigenvalue weighted by Gasteiger charge is -2.37. The van der Waals surface area contributed by atoms with E-state index in [1.807, 2.05) is 0 Å². The smallest absolute Gasteiger partial charge is 0.0543 e. The van der Waals surface area contributed by atoms with Crippen LogP contribution in [-0.4, -0.2) is 0 Å². The molecular weight excluding hydrogens is 773 g/mol. The fraction of sp³-hybridized carbons (Fsp3) is 0.0968. The normalized spacial score (nSPS) is 13.5. The van der Waals surface area contributed by atoms with Gasteiger partial charge in [-0.2, -0.15) is 0 Å². The fourth-order valence-electron chi connectivity index (χ4n) is 11.1. The molecule has 12 aromatic rings. The minimum Gasteiger partial charge on any atom is -0.310 e. The fourth-order valence-corrected chi connectivity index (χ4v) is 11.1. The summed E-state index contributed by atoms with van der Waals surface area (Å²) in [5, 5.41) is 17.9. The van der Waals surface area contributed by atoms with Gasteiger partial charge >= 0.3 is 0 Å². The highest BCUT2D eigenvalue weighted by Crippen LogP contribution is 2.54. The van der Waals surface area contributed by atoms with Crippen molar-refractivity contribution in [2.45, 2.75) is 39.0 Å². The first-order valence-electron chi connectivity index (χ1n) is 22.7. The Morgan fingerprint density at radius 3 is 1.22 bits per heavy atom. The van der Waals surface area contributed by atoms with Gasteiger partial charge in [0.1, 0.15) is 0 Å². The summed E-state index contributed by atoms with van der Waals surface area (Å²) >= 11 is 0. The number of anilines is 6. The molecule has 13 rings (SSSR count). The van der Waals surface area contributed by atoms with Crippen LogP contribution >= 0.6 is 0 Å². The predicted octanol–water partition coefficient (Wildman–Crippen LogP) is 17.7. The van der Waals surface area contributed by atoms with Gasteiger partial charge in [0.05, 0.1) is 11.4 Å². The summed E-state index contributed by atoms with van der Waals surface area (Å²) in [6.45, 7) is 7.23. The standard InChI is InChI=1S/C62H46N2/c1-39-32-57(63(49-24-20-40-12-4-8-16-44(40)33-49)50-25-21-41-13-5-9-17-45(41)34-50)55-38-56-59-48(30-31-62(56,2)3)37-58(54-29-28-53(39)60(55)61(54)59)64(51-26-22-42-14-6-10-18-46(42)35-51)52-27-23-43-15-7-11-19-47(43)36-52/h4-29,32-38H,30-31H2,1-3H3. The zero-order valence-corrected chi connectivity index (χ0v) is 36.4. The quantitative estimate of drug-likeness (QED) is 0.154. The summed E-state index contributed by atoms with van der Waals surface area (Å²) in [4.78, 5) is 5.06. The van der Waals surface area contributed by atoms with Crippen LogP contribution in [0.4, 0.5) is 34.1 Å². The molecule has 2 nitrogen and oxygen atoms in total. The molecule has 0 bridgehead atoms. The maximum atomic E-state index is 2.58. The molecular formula is C62H46N2. The van der Waals surface area contributed by atoms with Crippen LogP contribution in [0.15, 0.2) is 200 Å². The monoisotopic (exact) mass is 818 g/mol. The SMILES string of the molecule is Cc1cc(N(c2ccc3ccccc3c2)c2ccc3ccccc3c2)c2cc3c4c(cc(N(c5ccc6ccccc6c5)c5ccc6ccccc6c5)c5ccc1c2c54)CCC3(C)C. The van der Waals surface area contributed by atoms with Crippen molar-refractivity contribution in [1.29, 1.82) is 0 Å². The van der Waals surface area contributed by atoms with Crippen LogP contribution in [0.2, 0.25) is 0 Å². The highest BCUT2D eigenvalue weighted by Gasteiger charge is 2.33. The molecule has 0 N–H and O–H groups in total. The van der Waals surface area contributed by atoms with Crippen molar-refractivity contribution in [3.8, 4) is 0 Å². The first kappa shape index (κ1) is 36.9. The summed E-state index contributed by atoms with van der Waals surface area (Å²) in [6, 6.07) is 75.1. The van der Waals surface area contributed by atoms with Crippen molar-refractivity contribution in [3.63, 3.8) is 0 Å². The Hall–Kier alpha value is -7.68.